The maximum Gasteiger partial charge on any atom is 0.141 e. The van der Waals surface area contributed by atoms with Crippen molar-refractivity contribution in [3.63, 3.8) is 0 Å². The first-order valence-corrected chi connectivity index (χ1v) is 8.72. The van der Waals surface area contributed by atoms with Crippen LogP contribution < -0.4 is 4.74 Å². The zero-order valence-corrected chi connectivity index (χ0v) is 14.5. The van der Waals surface area contributed by atoms with Crippen molar-refractivity contribution in [2.75, 3.05) is 7.11 Å². The standard InChI is InChI=1S/C23H18N2O/c1-26-20-12-11-19-14-25-15-22(24-23(25)21(19)13-20)18-9-7-17(8-10-18)16-5-3-2-4-6-16/h2-14H,15H2,1H3. The van der Waals surface area contributed by atoms with E-state index in [0.29, 0.717) is 0 Å². The van der Waals surface area contributed by atoms with Gasteiger partial charge in [-0.3, -0.25) is 0 Å². The van der Waals surface area contributed by atoms with Gasteiger partial charge in [0.25, 0.3) is 0 Å². The van der Waals surface area contributed by atoms with Crippen LogP contribution in [0.5, 0.6) is 5.75 Å². The zero-order valence-electron chi connectivity index (χ0n) is 14.5. The highest BCUT2D eigenvalue weighted by molar-refractivity contribution is 6.08. The summed E-state index contributed by atoms with van der Waals surface area (Å²) in [5.74, 6) is 1.88. The number of nitrogens with zero attached hydrogens (tertiary/aromatic N) is 2. The summed E-state index contributed by atoms with van der Waals surface area (Å²) >= 11 is 0. The molecule has 0 atom stereocenters. The summed E-state index contributed by atoms with van der Waals surface area (Å²) in [6, 6.07) is 25.2. The molecule has 3 heteroatoms. The molecule has 26 heavy (non-hydrogen) atoms. The number of fused-ring (bicyclic) bond motifs is 3. The van der Waals surface area contributed by atoms with Gasteiger partial charge in [-0.05, 0) is 34.9 Å². The quantitative estimate of drug-likeness (QED) is 0.488. The van der Waals surface area contributed by atoms with E-state index < -0.39 is 0 Å². The molecule has 5 rings (SSSR count). The Bertz CT molecular complexity index is 1120. The molecule has 1 aliphatic rings. The van der Waals surface area contributed by atoms with Crippen LogP contribution in [0, 0.1) is 0 Å². The van der Waals surface area contributed by atoms with Gasteiger partial charge in [0.2, 0.25) is 0 Å². The lowest BCUT2D eigenvalue weighted by molar-refractivity contribution is 0.415. The van der Waals surface area contributed by atoms with Crippen molar-refractivity contribution in [3.8, 4) is 16.9 Å². The van der Waals surface area contributed by atoms with Gasteiger partial charge < -0.3 is 9.30 Å². The van der Waals surface area contributed by atoms with Crippen molar-refractivity contribution in [2.24, 2.45) is 4.99 Å². The maximum absolute atomic E-state index is 5.36. The number of benzene rings is 3. The minimum Gasteiger partial charge on any atom is -0.497 e. The highest BCUT2D eigenvalue weighted by Crippen LogP contribution is 2.35. The molecule has 0 N–H and O–H groups in total. The number of methoxy groups -OCH3 is 1. The first kappa shape index (κ1) is 15.0. The Balaban J connectivity index is 1.50. The largest absolute Gasteiger partial charge is 0.497 e. The molecular formula is C23H18N2O. The molecule has 0 aliphatic carbocycles. The van der Waals surface area contributed by atoms with E-state index in [1.165, 1.54) is 22.1 Å². The first-order valence-electron chi connectivity index (χ1n) is 8.72. The fraction of sp³-hybridized carbons (Fsp3) is 0.0870. The van der Waals surface area contributed by atoms with Crippen LogP contribution in [0.15, 0.2) is 84.0 Å². The van der Waals surface area contributed by atoms with Gasteiger partial charge in [0.05, 0.1) is 19.4 Å². The van der Waals surface area contributed by atoms with Crippen LogP contribution in [-0.4, -0.2) is 17.4 Å². The second-order valence-electron chi connectivity index (χ2n) is 6.54. The van der Waals surface area contributed by atoms with Crippen LogP contribution in [-0.2, 0) is 6.54 Å². The van der Waals surface area contributed by atoms with Gasteiger partial charge in [0.1, 0.15) is 11.6 Å². The lowest BCUT2D eigenvalue weighted by Gasteiger charge is -2.05. The molecule has 2 heterocycles. The number of hydrogen-bond acceptors (Lipinski definition) is 2. The number of aliphatic imine (C=N–C) groups is 1. The lowest BCUT2D eigenvalue weighted by Crippen LogP contribution is -2.04. The van der Waals surface area contributed by atoms with Crippen LogP contribution >= 0.6 is 0 Å². The van der Waals surface area contributed by atoms with Crippen molar-refractivity contribution < 1.29 is 4.74 Å². The zero-order chi connectivity index (χ0) is 17.5. The summed E-state index contributed by atoms with van der Waals surface area (Å²) in [7, 11) is 1.69. The molecule has 1 aromatic heterocycles. The second kappa shape index (κ2) is 5.88. The molecule has 0 unspecified atom stereocenters. The Hall–Kier alpha value is -3.33. The molecular weight excluding hydrogens is 320 g/mol. The molecule has 0 spiro atoms. The van der Waals surface area contributed by atoms with Gasteiger partial charge in [-0.15, -0.1) is 0 Å². The summed E-state index contributed by atoms with van der Waals surface area (Å²) in [5.41, 5.74) is 4.73. The predicted molar refractivity (Wildman–Crippen MR) is 107 cm³/mol. The van der Waals surface area contributed by atoms with E-state index in [2.05, 4.69) is 71.4 Å². The summed E-state index contributed by atoms with van der Waals surface area (Å²) < 4.78 is 7.57. The van der Waals surface area contributed by atoms with E-state index in [0.717, 1.165) is 29.2 Å². The van der Waals surface area contributed by atoms with Crippen molar-refractivity contribution in [1.82, 2.24) is 4.57 Å². The van der Waals surface area contributed by atoms with Gasteiger partial charge in [0, 0.05) is 17.0 Å². The Labute approximate surface area is 152 Å². The number of ether oxygens (including phenoxy) is 1. The molecule has 0 amide bonds. The molecule has 0 saturated carbocycles. The molecule has 126 valence electrons. The fourth-order valence-electron chi connectivity index (χ4n) is 3.56. The summed E-state index contributed by atoms with van der Waals surface area (Å²) in [6.07, 6.45) is 2.17. The molecule has 0 radical (unpaired) electrons. The monoisotopic (exact) mass is 338 g/mol. The van der Waals surface area contributed by atoms with E-state index in [1.807, 2.05) is 12.1 Å². The number of rotatable bonds is 3. The minimum absolute atomic E-state index is 0.803. The molecule has 1 aliphatic heterocycles. The van der Waals surface area contributed by atoms with Crippen LogP contribution in [0.25, 0.3) is 21.9 Å². The van der Waals surface area contributed by atoms with Crippen LogP contribution in [0.1, 0.15) is 5.56 Å². The summed E-state index contributed by atoms with van der Waals surface area (Å²) in [6.45, 7) is 0.803. The van der Waals surface area contributed by atoms with E-state index in [4.69, 9.17) is 9.73 Å². The van der Waals surface area contributed by atoms with E-state index in [1.54, 1.807) is 7.11 Å². The summed E-state index contributed by atoms with van der Waals surface area (Å²) in [4.78, 5) is 4.91. The van der Waals surface area contributed by atoms with E-state index >= 15 is 0 Å². The fourth-order valence-corrected chi connectivity index (χ4v) is 3.56. The molecule has 0 saturated heterocycles. The van der Waals surface area contributed by atoms with Crippen molar-refractivity contribution in [2.45, 2.75) is 6.54 Å². The maximum atomic E-state index is 5.36. The number of aromatic nitrogens is 1. The average molecular weight is 338 g/mol. The minimum atomic E-state index is 0.803. The van der Waals surface area contributed by atoms with Gasteiger partial charge in [0.15, 0.2) is 0 Å². The SMILES string of the molecule is COc1ccc2cn3c(c2c1)N=C(c1ccc(-c2ccccc2)cc1)C3. The topological polar surface area (TPSA) is 26.5 Å². The smallest absolute Gasteiger partial charge is 0.141 e. The molecule has 3 aromatic carbocycles. The Morgan fingerprint density at radius 2 is 1.58 bits per heavy atom. The third kappa shape index (κ3) is 2.40. The Morgan fingerprint density at radius 1 is 0.846 bits per heavy atom. The molecule has 0 fully saturated rings. The van der Waals surface area contributed by atoms with Crippen LogP contribution in [0.2, 0.25) is 0 Å². The normalized spacial score (nSPS) is 12.9. The van der Waals surface area contributed by atoms with Gasteiger partial charge in [-0.1, -0.05) is 54.6 Å². The van der Waals surface area contributed by atoms with Crippen molar-refractivity contribution in [1.29, 1.82) is 0 Å². The average Bonchev–Trinajstić information content (AvgIpc) is 3.26. The highest BCUT2D eigenvalue weighted by atomic mass is 16.5. The first-order chi connectivity index (χ1) is 12.8. The third-order valence-corrected chi connectivity index (χ3v) is 4.95. The molecule has 4 aromatic rings. The van der Waals surface area contributed by atoms with Gasteiger partial charge in [-0.2, -0.15) is 0 Å². The van der Waals surface area contributed by atoms with E-state index in [9.17, 15) is 0 Å². The Kier molecular flexibility index (Phi) is 3.39. The predicted octanol–water partition coefficient (Wildman–Crippen LogP) is 5.45. The van der Waals surface area contributed by atoms with Crippen molar-refractivity contribution >= 4 is 22.3 Å². The van der Waals surface area contributed by atoms with Gasteiger partial charge in [-0.25, -0.2) is 4.99 Å². The Morgan fingerprint density at radius 3 is 2.35 bits per heavy atom. The van der Waals surface area contributed by atoms with Crippen molar-refractivity contribution in [3.05, 3.63) is 84.6 Å². The molecule has 3 nitrogen and oxygen atoms in total. The number of hydrogen-bond donors (Lipinski definition) is 0. The highest BCUT2D eigenvalue weighted by Gasteiger charge is 2.19. The van der Waals surface area contributed by atoms with Crippen LogP contribution in [0.3, 0.4) is 0 Å². The lowest BCUT2D eigenvalue weighted by atomic mass is 10.0. The molecule has 0 bridgehead atoms. The third-order valence-electron chi connectivity index (χ3n) is 4.95. The van der Waals surface area contributed by atoms with E-state index in [-0.39, 0.29) is 0 Å². The van der Waals surface area contributed by atoms with Crippen LogP contribution in [0.4, 0.5) is 5.82 Å². The van der Waals surface area contributed by atoms with Gasteiger partial charge >= 0.3 is 0 Å². The summed E-state index contributed by atoms with van der Waals surface area (Å²) in [5, 5.41) is 2.34. The second-order valence-corrected chi connectivity index (χ2v) is 6.54.